The van der Waals surface area contributed by atoms with Crippen LogP contribution in [0.2, 0.25) is 5.02 Å². The number of benzene rings is 3. The topological polar surface area (TPSA) is 112 Å². The third-order valence-electron chi connectivity index (χ3n) is 4.68. The van der Waals surface area contributed by atoms with Crippen LogP contribution in [0.15, 0.2) is 69.1 Å². The second kappa shape index (κ2) is 7.68. The first-order valence-electron chi connectivity index (χ1n) is 8.99. The standard InChI is InChI=1S/C21H15ClFN3O4S/c1-11-8-17-18(25-21(28)20(27)24-17)10-19(11)31(29,30)26-14-6-7-15(16(22)9-14)12-2-4-13(23)5-3-12/h2-10,26H,1H3,(H,24,27)(H,25,28). The van der Waals surface area contributed by atoms with Crippen molar-refractivity contribution >= 4 is 38.3 Å². The number of aryl methyl sites for hydroxylation is 1. The third-order valence-corrected chi connectivity index (χ3v) is 6.52. The largest absolute Gasteiger partial charge is 0.316 e. The van der Waals surface area contributed by atoms with Crippen molar-refractivity contribution < 1.29 is 12.8 Å². The minimum absolute atomic E-state index is 0.0681. The molecule has 0 spiro atoms. The van der Waals surface area contributed by atoms with E-state index in [-0.39, 0.29) is 26.9 Å². The first kappa shape index (κ1) is 20.8. The monoisotopic (exact) mass is 459 g/mol. The maximum absolute atomic E-state index is 13.1. The van der Waals surface area contributed by atoms with Gasteiger partial charge in [-0.05, 0) is 54.4 Å². The Hall–Kier alpha value is -3.43. The van der Waals surface area contributed by atoms with E-state index in [4.69, 9.17) is 11.6 Å². The van der Waals surface area contributed by atoms with Crippen LogP contribution < -0.4 is 15.8 Å². The number of sulfonamides is 1. The Bertz CT molecular complexity index is 1540. The van der Waals surface area contributed by atoms with Crippen molar-refractivity contribution in [3.05, 3.63) is 91.7 Å². The zero-order chi connectivity index (χ0) is 22.3. The minimum atomic E-state index is -4.03. The summed E-state index contributed by atoms with van der Waals surface area (Å²) in [5.74, 6) is -0.375. The lowest BCUT2D eigenvalue weighted by molar-refractivity contribution is 0.600. The average Bonchev–Trinajstić information content (AvgIpc) is 2.69. The summed E-state index contributed by atoms with van der Waals surface area (Å²) in [5.41, 5.74) is 0.694. The molecule has 1 heterocycles. The van der Waals surface area contributed by atoms with Crippen LogP contribution in [0.25, 0.3) is 22.2 Å². The molecule has 0 aliphatic rings. The quantitative estimate of drug-likeness (QED) is 0.403. The highest BCUT2D eigenvalue weighted by Gasteiger charge is 2.19. The van der Waals surface area contributed by atoms with Crippen LogP contribution in [0.3, 0.4) is 0 Å². The Morgan fingerprint density at radius 1 is 0.903 bits per heavy atom. The summed E-state index contributed by atoms with van der Waals surface area (Å²) >= 11 is 6.32. The predicted molar refractivity (Wildman–Crippen MR) is 118 cm³/mol. The summed E-state index contributed by atoms with van der Waals surface area (Å²) in [7, 11) is -4.03. The first-order chi connectivity index (χ1) is 14.6. The molecule has 0 amide bonds. The normalized spacial score (nSPS) is 11.6. The number of rotatable bonds is 4. The summed E-state index contributed by atoms with van der Waals surface area (Å²) in [5, 5.41) is 0.281. The summed E-state index contributed by atoms with van der Waals surface area (Å²) in [6.07, 6.45) is 0. The number of anilines is 1. The summed E-state index contributed by atoms with van der Waals surface area (Å²) in [4.78, 5) is 27.8. The van der Waals surface area contributed by atoms with Crippen LogP contribution in [-0.4, -0.2) is 18.4 Å². The second-order valence-electron chi connectivity index (χ2n) is 6.88. The Balaban J connectivity index is 1.70. The highest BCUT2D eigenvalue weighted by atomic mass is 35.5. The van der Waals surface area contributed by atoms with Gasteiger partial charge in [0.25, 0.3) is 10.0 Å². The molecule has 0 saturated carbocycles. The van der Waals surface area contributed by atoms with Gasteiger partial charge < -0.3 is 9.97 Å². The van der Waals surface area contributed by atoms with Crippen LogP contribution >= 0.6 is 11.6 Å². The van der Waals surface area contributed by atoms with Gasteiger partial charge in [0.1, 0.15) is 5.82 Å². The molecule has 4 rings (SSSR count). The second-order valence-corrected chi connectivity index (χ2v) is 8.94. The van der Waals surface area contributed by atoms with Crippen molar-refractivity contribution in [2.24, 2.45) is 0 Å². The zero-order valence-electron chi connectivity index (χ0n) is 16.0. The lowest BCUT2D eigenvalue weighted by Crippen LogP contribution is -2.29. The lowest BCUT2D eigenvalue weighted by Gasteiger charge is -2.13. The van der Waals surface area contributed by atoms with E-state index in [0.717, 1.165) is 0 Å². The van der Waals surface area contributed by atoms with Crippen LogP contribution in [-0.2, 0) is 10.0 Å². The molecule has 0 unspecified atom stereocenters. The molecular formula is C21H15ClFN3O4S. The molecule has 3 aromatic carbocycles. The molecule has 0 fully saturated rings. The van der Waals surface area contributed by atoms with Crippen molar-refractivity contribution in [3.63, 3.8) is 0 Å². The van der Waals surface area contributed by atoms with Gasteiger partial charge in [0.2, 0.25) is 0 Å². The van der Waals surface area contributed by atoms with E-state index in [1.807, 2.05) is 0 Å². The van der Waals surface area contributed by atoms with Crippen molar-refractivity contribution in [2.45, 2.75) is 11.8 Å². The highest BCUT2D eigenvalue weighted by molar-refractivity contribution is 7.92. The van der Waals surface area contributed by atoms with E-state index in [0.29, 0.717) is 22.2 Å². The van der Waals surface area contributed by atoms with E-state index in [9.17, 15) is 22.4 Å². The molecule has 4 aromatic rings. The Kier molecular flexibility index (Phi) is 5.16. The van der Waals surface area contributed by atoms with E-state index in [1.165, 1.54) is 36.4 Å². The molecule has 0 aliphatic heterocycles. The molecule has 0 bridgehead atoms. The number of hydrogen-bond acceptors (Lipinski definition) is 4. The maximum Gasteiger partial charge on any atom is 0.314 e. The fourth-order valence-corrected chi connectivity index (χ4v) is 4.79. The Morgan fingerprint density at radius 3 is 2.13 bits per heavy atom. The van der Waals surface area contributed by atoms with Gasteiger partial charge in [0, 0.05) is 5.56 Å². The molecule has 3 N–H and O–H groups in total. The van der Waals surface area contributed by atoms with E-state index < -0.39 is 21.1 Å². The van der Waals surface area contributed by atoms with Gasteiger partial charge in [-0.1, -0.05) is 29.8 Å². The van der Waals surface area contributed by atoms with E-state index in [2.05, 4.69) is 14.7 Å². The summed E-state index contributed by atoms with van der Waals surface area (Å²) in [6.45, 7) is 1.57. The molecule has 1 aromatic heterocycles. The number of fused-ring (bicyclic) bond motifs is 1. The van der Waals surface area contributed by atoms with Gasteiger partial charge in [-0.25, -0.2) is 12.8 Å². The maximum atomic E-state index is 13.1. The number of aromatic nitrogens is 2. The van der Waals surface area contributed by atoms with Crippen LogP contribution in [0.4, 0.5) is 10.1 Å². The Labute approximate surface area is 180 Å². The van der Waals surface area contributed by atoms with Gasteiger partial charge in [-0.15, -0.1) is 0 Å². The number of aromatic amines is 2. The van der Waals surface area contributed by atoms with E-state index in [1.54, 1.807) is 25.1 Å². The predicted octanol–water partition coefficient (Wildman–Crippen LogP) is 3.79. The number of H-pyrrole nitrogens is 2. The van der Waals surface area contributed by atoms with Crippen LogP contribution in [0.1, 0.15) is 5.56 Å². The fraction of sp³-hybridized carbons (Fsp3) is 0.0476. The first-order valence-corrected chi connectivity index (χ1v) is 10.9. The number of halogens is 2. The van der Waals surface area contributed by atoms with Crippen molar-refractivity contribution in [2.75, 3.05) is 4.72 Å². The number of hydrogen-bond donors (Lipinski definition) is 3. The molecule has 0 saturated heterocycles. The molecule has 10 heteroatoms. The smallest absolute Gasteiger partial charge is 0.314 e. The van der Waals surface area contributed by atoms with Gasteiger partial charge in [-0.3, -0.25) is 14.3 Å². The van der Waals surface area contributed by atoms with Gasteiger partial charge in [0.05, 0.1) is 26.6 Å². The van der Waals surface area contributed by atoms with Crippen molar-refractivity contribution in [1.82, 2.24) is 9.97 Å². The van der Waals surface area contributed by atoms with Gasteiger partial charge in [-0.2, -0.15) is 0 Å². The molecule has 7 nitrogen and oxygen atoms in total. The van der Waals surface area contributed by atoms with Gasteiger partial charge in [0.15, 0.2) is 0 Å². The molecule has 0 radical (unpaired) electrons. The van der Waals surface area contributed by atoms with Crippen LogP contribution in [0.5, 0.6) is 0 Å². The Morgan fingerprint density at radius 2 is 1.52 bits per heavy atom. The zero-order valence-corrected chi connectivity index (χ0v) is 17.6. The molecule has 0 aliphatic carbocycles. The van der Waals surface area contributed by atoms with Gasteiger partial charge >= 0.3 is 11.1 Å². The van der Waals surface area contributed by atoms with Crippen LogP contribution in [0, 0.1) is 12.7 Å². The van der Waals surface area contributed by atoms with E-state index >= 15 is 0 Å². The molecular weight excluding hydrogens is 445 g/mol. The third kappa shape index (κ3) is 4.10. The minimum Gasteiger partial charge on any atom is -0.316 e. The molecule has 31 heavy (non-hydrogen) atoms. The lowest BCUT2D eigenvalue weighted by atomic mass is 10.1. The van der Waals surface area contributed by atoms with Crippen molar-refractivity contribution in [1.29, 1.82) is 0 Å². The summed E-state index contributed by atoms with van der Waals surface area (Å²) < 4.78 is 41.5. The average molecular weight is 460 g/mol. The molecule has 0 atom stereocenters. The van der Waals surface area contributed by atoms with Crippen molar-refractivity contribution in [3.8, 4) is 11.1 Å². The highest BCUT2D eigenvalue weighted by Crippen LogP contribution is 2.31. The SMILES string of the molecule is Cc1cc2[nH]c(=O)c(=O)[nH]c2cc1S(=O)(=O)Nc1ccc(-c2ccc(F)cc2)c(Cl)c1. The molecule has 158 valence electrons. The summed E-state index contributed by atoms with van der Waals surface area (Å²) in [6, 6.07) is 13.1. The fourth-order valence-electron chi connectivity index (χ4n) is 3.19. The number of nitrogens with one attached hydrogen (secondary N) is 3.